The molecule has 0 saturated carbocycles. The lowest BCUT2D eigenvalue weighted by Crippen LogP contribution is -2.41. The highest BCUT2D eigenvalue weighted by Gasteiger charge is 2.38. The molecular weight excluding hydrogens is 393 g/mol. The number of benzene rings is 1. The molecule has 29 heavy (non-hydrogen) atoms. The topological polar surface area (TPSA) is 96.8 Å². The zero-order valence-corrected chi connectivity index (χ0v) is 15.6. The molecule has 2 N–H and O–H groups in total. The van der Waals surface area contributed by atoms with Gasteiger partial charge in [-0.2, -0.15) is 13.8 Å². The van der Waals surface area contributed by atoms with E-state index in [0.717, 1.165) is 6.07 Å². The second-order valence-electron chi connectivity index (χ2n) is 6.42. The molecule has 0 bridgehead atoms. The molecule has 1 unspecified atom stereocenters. The molecule has 2 heterocycles. The quantitative estimate of drug-likeness (QED) is 0.721. The van der Waals surface area contributed by atoms with Gasteiger partial charge in [0.2, 0.25) is 5.95 Å². The number of ether oxygens (including phenoxy) is 2. The lowest BCUT2D eigenvalue weighted by Gasteiger charge is -2.23. The second kappa shape index (κ2) is 8.52. The molecule has 156 valence electrons. The Hall–Kier alpha value is -3.08. The maximum atomic E-state index is 14.3. The van der Waals surface area contributed by atoms with Gasteiger partial charge in [0.25, 0.3) is 0 Å². The normalized spacial score (nSPS) is 18.5. The van der Waals surface area contributed by atoms with E-state index in [0.29, 0.717) is 0 Å². The van der Waals surface area contributed by atoms with Crippen molar-refractivity contribution in [2.45, 2.75) is 38.6 Å². The van der Waals surface area contributed by atoms with Crippen LogP contribution in [0.3, 0.4) is 0 Å². The molecular formula is C18H19F3N4O4. The fraction of sp³-hybridized carbons (Fsp3) is 0.389. The van der Waals surface area contributed by atoms with Crippen LogP contribution in [0.5, 0.6) is 5.75 Å². The third kappa shape index (κ3) is 4.67. The predicted molar refractivity (Wildman–Crippen MR) is 96.4 cm³/mol. The number of amides is 1. The molecule has 0 spiro atoms. The average molecular weight is 412 g/mol. The smallest absolute Gasteiger partial charge is 0.416 e. The molecule has 1 fully saturated rings. The first-order valence-electron chi connectivity index (χ1n) is 8.74. The summed E-state index contributed by atoms with van der Waals surface area (Å²) in [5, 5.41) is 12.7. The van der Waals surface area contributed by atoms with E-state index in [2.05, 4.69) is 20.0 Å². The van der Waals surface area contributed by atoms with Crippen LogP contribution in [-0.2, 0) is 4.74 Å². The number of halogens is 3. The minimum Gasteiger partial charge on any atom is -0.447 e. The van der Waals surface area contributed by atoms with Crippen LogP contribution in [0.15, 0.2) is 30.5 Å². The van der Waals surface area contributed by atoms with Crippen LogP contribution in [0.2, 0.25) is 0 Å². The largest absolute Gasteiger partial charge is 0.447 e. The highest BCUT2D eigenvalue weighted by molar-refractivity contribution is 5.89. The number of nitrogens with zero attached hydrogens (tertiary/aromatic N) is 3. The van der Waals surface area contributed by atoms with Crippen LogP contribution in [0.1, 0.15) is 25.5 Å². The highest BCUT2D eigenvalue weighted by atomic mass is 19.3. The van der Waals surface area contributed by atoms with E-state index in [1.54, 1.807) is 6.92 Å². The number of alkyl halides is 2. The van der Waals surface area contributed by atoms with Crippen molar-refractivity contribution in [3.05, 3.63) is 41.8 Å². The number of cyclic esters (lactones) is 1. The number of carbonyl (C=O) groups excluding carboxylic acids is 1. The lowest BCUT2D eigenvalue weighted by atomic mass is 10.1. The standard InChI is InChI=1S/C18H19F3N4O4/c1-9(12-4-3-11(7-13(12)19)29-16(20)21)23-17-22-6-5-15(24-17)25-14(10(2)26)8-28-18(25)27/h3-7,9-10,14,16,26H,8H2,1-2H3,(H,22,23,24)/t9-,10+,14?/m0/s1. The summed E-state index contributed by atoms with van der Waals surface area (Å²) in [6, 6.07) is 3.68. The lowest BCUT2D eigenvalue weighted by molar-refractivity contribution is -0.0500. The minimum atomic E-state index is -3.05. The first-order chi connectivity index (χ1) is 13.8. The second-order valence-corrected chi connectivity index (χ2v) is 6.42. The van der Waals surface area contributed by atoms with Gasteiger partial charge in [0, 0.05) is 17.8 Å². The monoisotopic (exact) mass is 412 g/mol. The van der Waals surface area contributed by atoms with Crippen LogP contribution < -0.4 is 15.0 Å². The SMILES string of the molecule is C[C@H](Nc1nccc(N2C(=O)OCC2[C@@H](C)O)n1)c1ccc(OC(F)F)cc1F. The Labute approximate surface area is 164 Å². The summed E-state index contributed by atoms with van der Waals surface area (Å²) in [6.45, 7) is 0.143. The summed E-state index contributed by atoms with van der Waals surface area (Å²) in [5.41, 5.74) is 0.183. The summed E-state index contributed by atoms with van der Waals surface area (Å²) in [7, 11) is 0. The number of carbonyl (C=O) groups is 1. The molecule has 1 aliphatic heterocycles. The predicted octanol–water partition coefficient (Wildman–Crippen LogP) is 3.10. The van der Waals surface area contributed by atoms with Crippen molar-refractivity contribution < 1.29 is 32.5 Å². The molecule has 2 aromatic rings. The van der Waals surface area contributed by atoms with Crippen molar-refractivity contribution in [2.24, 2.45) is 0 Å². The number of aliphatic hydroxyl groups excluding tert-OH is 1. The summed E-state index contributed by atoms with van der Waals surface area (Å²) in [6.07, 6.45) is -0.0815. The van der Waals surface area contributed by atoms with Crippen molar-refractivity contribution in [3.8, 4) is 5.75 Å². The van der Waals surface area contributed by atoms with E-state index in [1.807, 2.05) is 0 Å². The Morgan fingerprint density at radius 2 is 2.10 bits per heavy atom. The summed E-state index contributed by atoms with van der Waals surface area (Å²) in [4.78, 5) is 21.5. The molecule has 1 saturated heterocycles. The van der Waals surface area contributed by atoms with Gasteiger partial charge in [-0.3, -0.25) is 4.90 Å². The third-order valence-electron chi connectivity index (χ3n) is 4.36. The van der Waals surface area contributed by atoms with Crippen molar-refractivity contribution >= 4 is 17.9 Å². The third-order valence-corrected chi connectivity index (χ3v) is 4.36. The number of rotatable bonds is 7. The molecule has 8 nitrogen and oxygen atoms in total. The maximum Gasteiger partial charge on any atom is 0.416 e. The number of aromatic nitrogens is 2. The molecule has 1 aliphatic rings. The summed E-state index contributed by atoms with van der Waals surface area (Å²) < 4.78 is 47.9. The van der Waals surface area contributed by atoms with Crippen LogP contribution >= 0.6 is 0 Å². The Kier molecular flexibility index (Phi) is 6.06. The van der Waals surface area contributed by atoms with E-state index < -0.39 is 36.7 Å². The van der Waals surface area contributed by atoms with Gasteiger partial charge in [-0.05, 0) is 26.0 Å². The van der Waals surface area contributed by atoms with Crippen molar-refractivity contribution in [2.75, 3.05) is 16.8 Å². The Morgan fingerprint density at radius 1 is 1.34 bits per heavy atom. The van der Waals surface area contributed by atoms with Gasteiger partial charge >= 0.3 is 12.7 Å². The van der Waals surface area contributed by atoms with E-state index in [4.69, 9.17) is 4.74 Å². The molecule has 1 aromatic carbocycles. The average Bonchev–Trinajstić information content (AvgIpc) is 3.03. The highest BCUT2D eigenvalue weighted by Crippen LogP contribution is 2.27. The van der Waals surface area contributed by atoms with Crippen molar-refractivity contribution in [3.63, 3.8) is 0 Å². The molecule has 1 aromatic heterocycles. The molecule has 0 radical (unpaired) electrons. The van der Waals surface area contributed by atoms with Crippen molar-refractivity contribution in [1.82, 2.24) is 9.97 Å². The van der Waals surface area contributed by atoms with Gasteiger partial charge < -0.3 is 19.9 Å². The number of hydrogen-bond acceptors (Lipinski definition) is 7. The molecule has 3 rings (SSSR count). The van der Waals surface area contributed by atoms with Crippen LogP contribution in [-0.4, -0.2) is 46.5 Å². The molecule has 3 atom stereocenters. The molecule has 1 amide bonds. The first kappa shape index (κ1) is 20.6. The molecule has 0 aliphatic carbocycles. The fourth-order valence-corrected chi connectivity index (χ4v) is 2.91. The van der Waals surface area contributed by atoms with Gasteiger partial charge in [-0.1, -0.05) is 6.07 Å². The zero-order valence-electron chi connectivity index (χ0n) is 15.6. The van der Waals surface area contributed by atoms with E-state index >= 15 is 0 Å². The summed E-state index contributed by atoms with van der Waals surface area (Å²) >= 11 is 0. The maximum absolute atomic E-state index is 14.3. The Morgan fingerprint density at radius 3 is 2.76 bits per heavy atom. The number of aliphatic hydroxyl groups is 1. The zero-order chi connectivity index (χ0) is 21.1. The number of hydrogen-bond donors (Lipinski definition) is 2. The van der Waals surface area contributed by atoms with Gasteiger partial charge in [0.05, 0.1) is 12.1 Å². The Balaban J connectivity index is 1.77. The van der Waals surface area contributed by atoms with Crippen LogP contribution in [0.25, 0.3) is 0 Å². The van der Waals surface area contributed by atoms with Gasteiger partial charge in [-0.25, -0.2) is 14.2 Å². The van der Waals surface area contributed by atoms with Crippen molar-refractivity contribution in [1.29, 1.82) is 0 Å². The van der Waals surface area contributed by atoms with E-state index in [1.165, 1.54) is 36.2 Å². The van der Waals surface area contributed by atoms with Gasteiger partial charge in [-0.15, -0.1) is 0 Å². The number of anilines is 2. The summed E-state index contributed by atoms with van der Waals surface area (Å²) in [5.74, 6) is -0.712. The Bertz CT molecular complexity index is 884. The first-order valence-corrected chi connectivity index (χ1v) is 8.74. The number of nitrogens with one attached hydrogen (secondary N) is 1. The fourth-order valence-electron chi connectivity index (χ4n) is 2.91. The molecule has 11 heteroatoms. The van der Waals surface area contributed by atoms with Crippen LogP contribution in [0.4, 0.5) is 29.7 Å². The van der Waals surface area contributed by atoms with E-state index in [9.17, 15) is 23.1 Å². The minimum absolute atomic E-state index is 0.0257. The van der Waals surface area contributed by atoms with Gasteiger partial charge in [0.1, 0.15) is 30.0 Å². The van der Waals surface area contributed by atoms with Gasteiger partial charge in [0.15, 0.2) is 0 Å². The van der Waals surface area contributed by atoms with Crippen LogP contribution in [0, 0.1) is 5.82 Å². The van der Waals surface area contributed by atoms with E-state index in [-0.39, 0.29) is 29.7 Å².